The van der Waals surface area contributed by atoms with Crippen LogP contribution in [0.2, 0.25) is 0 Å². The van der Waals surface area contributed by atoms with E-state index < -0.39 is 28.5 Å². The maximum atomic E-state index is 12.3. The van der Waals surface area contributed by atoms with Crippen LogP contribution in [-0.2, 0) is 19.6 Å². The molecule has 0 aliphatic rings. The molecule has 0 heterocycles. The molecule has 0 unspecified atom stereocenters. The molecule has 0 fully saturated rings. The number of nitrogens with two attached hydrogens (primary N) is 1. The first-order valence-corrected chi connectivity index (χ1v) is 12.1. The van der Waals surface area contributed by atoms with Crippen molar-refractivity contribution in [1.82, 2.24) is 5.32 Å². The highest BCUT2D eigenvalue weighted by atomic mass is 32.2. The van der Waals surface area contributed by atoms with E-state index in [1.807, 2.05) is 60.7 Å². The molecule has 0 spiro atoms. The van der Waals surface area contributed by atoms with Gasteiger partial charge in [-0.25, -0.2) is 18.4 Å². The van der Waals surface area contributed by atoms with Crippen LogP contribution in [0.1, 0.15) is 33.8 Å². The molecule has 3 aromatic rings. The maximum absolute atomic E-state index is 12.3. The summed E-state index contributed by atoms with van der Waals surface area (Å²) >= 11 is 0. The smallest absolute Gasteiger partial charge is 0.338 e. The number of benzene rings is 3. The predicted molar refractivity (Wildman–Crippen MR) is 127 cm³/mol. The molecule has 0 aliphatic heterocycles. The topological polar surface area (TPSA) is 125 Å². The molecule has 0 aromatic heterocycles. The Balaban J connectivity index is 1.56. The number of carbonyl (C=O) groups is 2. The van der Waals surface area contributed by atoms with E-state index in [4.69, 9.17) is 14.6 Å². The molecule has 1 amide bonds. The van der Waals surface area contributed by atoms with E-state index in [0.29, 0.717) is 13.0 Å². The number of hydrogen-bond donors (Lipinski definition) is 2. The Labute approximate surface area is 198 Å². The van der Waals surface area contributed by atoms with E-state index in [9.17, 15) is 18.0 Å². The molecule has 3 aromatic carbocycles. The number of amides is 1. The van der Waals surface area contributed by atoms with Gasteiger partial charge in [0.1, 0.15) is 10.6 Å². The Hall–Kier alpha value is -3.69. The minimum Gasteiger partial charge on any atom is -0.495 e. The molecule has 0 aliphatic carbocycles. The molecule has 0 atom stereocenters. The minimum absolute atomic E-state index is 0.00294. The zero-order valence-corrected chi connectivity index (χ0v) is 19.5. The minimum atomic E-state index is -4.11. The van der Waals surface area contributed by atoms with Crippen LogP contribution in [0, 0.1) is 0 Å². The van der Waals surface area contributed by atoms with Crippen LogP contribution >= 0.6 is 0 Å². The molecular formula is C25H26N2O6S. The van der Waals surface area contributed by atoms with Crippen LogP contribution in [0.15, 0.2) is 83.8 Å². The molecule has 34 heavy (non-hydrogen) atoms. The van der Waals surface area contributed by atoms with Gasteiger partial charge in [-0.05, 0) is 35.7 Å². The first-order chi connectivity index (χ1) is 16.3. The number of ether oxygens (including phenoxy) is 2. The predicted octanol–water partition coefficient (Wildman–Crippen LogP) is 2.84. The van der Waals surface area contributed by atoms with Gasteiger partial charge in [0.2, 0.25) is 10.0 Å². The van der Waals surface area contributed by atoms with E-state index in [2.05, 4.69) is 5.32 Å². The second-order valence-corrected chi connectivity index (χ2v) is 9.03. The van der Waals surface area contributed by atoms with Gasteiger partial charge in [0.25, 0.3) is 5.91 Å². The SMILES string of the molecule is COc1ccc(C(=O)OCC(=O)NCCC(c2ccccc2)c2ccccc2)cc1S(N)(=O)=O. The van der Waals surface area contributed by atoms with Crippen LogP contribution in [0.4, 0.5) is 0 Å². The van der Waals surface area contributed by atoms with Crippen molar-refractivity contribution < 1.29 is 27.5 Å². The summed E-state index contributed by atoms with van der Waals surface area (Å²) in [6, 6.07) is 23.7. The standard InChI is InChI=1S/C25H26N2O6S/c1-32-22-13-12-20(16-23(22)34(26,30)31)25(29)33-17-24(28)27-15-14-21(18-8-4-2-5-9-18)19-10-6-3-7-11-19/h2-13,16,21H,14-15,17H2,1H3,(H,27,28)(H2,26,30,31). The summed E-state index contributed by atoms with van der Waals surface area (Å²) in [6.45, 7) is -0.125. The van der Waals surface area contributed by atoms with Gasteiger partial charge in [-0.2, -0.15) is 0 Å². The number of carbonyl (C=O) groups excluding carboxylic acids is 2. The quantitative estimate of drug-likeness (QED) is 0.428. The van der Waals surface area contributed by atoms with Crippen molar-refractivity contribution in [3.05, 3.63) is 95.6 Å². The molecule has 0 radical (unpaired) electrons. The average molecular weight is 483 g/mol. The zero-order chi connectivity index (χ0) is 24.6. The van der Waals surface area contributed by atoms with Gasteiger partial charge in [0.15, 0.2) is 6.61 Å². The lowest BCUT2D eigenvalue weighted by atomic mass is 9.88. The summed E-state index contributed by atoms with van der Waals surface area (Å²) < 4.78 is 33.4. The Morgan fingerprint density at radius 3 is 2.06 bits per heavy atom. The van der Waals surface area contributed by atoms with Gasteiger partial charge >= 0.3 is 5.97 Å². The first kappa shape index (κ1) is 24.9. The van der Waals surface area contributed by atoms with Crippen LogP contribution in [-0.4, -0.2) is 40.6 Å². The van der Waals surface area contributed by atoms with Gasteiger partial charge in [0, 0.05) is 12.5 Å². The lowest BCUT2D eigenvalue weighted by molar-refractivity contribution is -0.124. The molecule has 8 nitrogen and oxygen atoms in total. The van der Waals surface area contributed by atoms with E-state index in [1.54, 1.807) is 0 Å². The van der Waals surface area contributed by atoms with Gasteiger partial charge < -0.3 is 14.8 Å². The third-order valence-electron chi connectivity index (χ3n) is 5.20. The van der Waals surface area contributed by atoms with Crippen molar-refractivity contribution in [1.29, 1.82) is 0 Å². The van der Waals surface area contributed by atoms with Crippen LogP contribution < -0.4 is 15.2 Å². The Morgan fingerprint density at radius 2 is 1.53 bits per heavy atom. The fraction of sp³-hybridized carbons (Fsp3) is 0.200. The highest BCUT2D eigenvalue weighted by molar-refractivity contribution is 7.89. The third kappa shape index (κ3) is 6.66. The number of primary sulfonamides is 1. The van der Waals surface area contributed by atoms with Crippen molar-refractivity contribution in [3.63, 3.8) is 0 Å². The second-order valence-electron chi connectivity index (χ2n) is 7.50. The number of sulfonamides is 1. The summed E-state index contributed by atoms with van der Waals surface area (Å²) in [5, 5.41) is 7.92. The second kappa shape index (κ2) is 11.4. The number of methoxy groups -OCH3 is 1. The van der Waals surface area contributed by atoms with Gasteiger partial charge in [0.05, 0.1) is 12.7 Å². The van der Waals surface area contributed by atoms with Crippen molar-refractivity contribution in [2.24, 2.45) is 5.14 Å². The Morgan fingerprint density at radius 1 is 0.941 bits per heavy atom. The number of esters is 1. The summed E-state index contributed by atoms with van der Waals surface area (Å²) in [6.07, 6.45) is 0.657. The van der Waals surface area contributed by atoms with Crippen molar-refractivity contribution >= 4 is 21.9 Å². The zero-order valence-electron chi connectivity index (χ0n) is 18.6. The Bertz CT molecular complexity index is 1190. The van der Waals surface area contributed by atoms with Crippen molar-refractivity contribution in [2.45, 2.75) is 17.2 Å². The summed E-state index contributed by atoms with van der Waals surface area (Å²) in [4.78, 5) is 24.2. The molecule has 0 saturated carbocycles. The van der Waals surface area contributed by atoms with Crippen molar-refractivity contribution in [3.8, 4) is 5.75 Å². The molecule has 9 heteroatoms. The number of nitrogens with one attached hydrogen (secondary N) is 1. The Kier molecular flexibility index (Phi) is 8.39. The van der Waals surface area contributed by atoms with E-state index in [0.717, 1.165) is 17.2 Å². The molecule has 178 valence electrons. The summed E-state index contributed by atoms with van der Waals surface area (Å²) in [7, 11) is -2.83. The lowest BCUT2D eigenvalue weighted by Gasteiger charge is -2.18. The molecule has 0 bridgehead atoms. The third-order valence-corrected chi connectivity index (χ3v) is 6.13. The highest BCUT2D eigenvalue weighted by Crippen LogP contribution is 2.27. The number of rotatable bonds is 10. The summed E-state index contributed by atoms with van der Waals surface area (Å²) in [5.74, 6) is -1.22. The van der Waals surface area contributed by atoms with Crippen LogP contribution in [0.25, 0.3) is 0 Å². The largest absolute Gasteiger partial charge is 0.495 e. The molecule has 0 saturated heterocycles. The monoisotopic (exact) mass is 482 g/mol. The molecule has 3 rings (SSSR count). The van der Waals surface area contributed by atoms with E-state index in [1.165, 1.54) is 19.2 Å². The lowest BCUT2D eigenvalue weighted by Crippen LogP contribution is -2.30. The first-order valence-electron chi connectivity index (χ1n) is 10.5. The fourth-order valence-corrected chi connectivity index (χ4v) is 4.27. The molecular weight excluding hydrogens is 456 g/mol. The maximum Gasteiger partial charge on any atom is 0.338 e. The van der Waals surface area contributed by atoms with Crippen molar-refractivity contribution in [2.75, 3.05) is 20.3 Å². The van der Waals surface area contributed by atoms with Gasteiger partial charge in [-0.1, -0.05) is 60.7 Å². The van der Waals surface area contributed by atoms with Crippen LogP contribution in [0.5, 0.6) is 5.75 Å². The summed E-state index contributed by atoms with van der Waals surface area (Å²) in [5.41, 5.74) is 2.21. The number of hydrogen-bond acceptors (Lipinski definition) is 6. The van der Waals surface area contributed by atoms with E-state index in [-0.39, 0.29) is 22.1 Å². The molecule has 3 N–H and O–H groups in total. The van der Waals surface area contributed by atoms with Gasteiger partial charge in [-0.15, -0.1) is 0 Å². The van der Waals surface area contributed by atoms with Gasteiger partial charge in [-0.3, -0.25) is 4.79 Å². The highest BCUT2D eigenvalue weighted by Gasteiger charge is 2.19. The van der Waals surface area contributed by atoms with E-state index >= 15 is 0 Å². The normalized spacial score (nSPS) is 11.1. The average Bonchev–Trinajstić information content (AvgIpc) is 2.85. The van der Waals surface area contributed by atoms with Crippen LogP contribution in [0.3, 0.4) is 0 Å². The fourth-order valence-electron chi connectivity index (χ4n) is 3.54.